The third-order valence-electron chi connectivity index (χ3n) is 6.83. The van der Waals surface area contributed by atoms with Gasteiger partial charge in [0.2, 0.25) is 5.91 Å². The minimum atomic E-state index is 0.188. The molecule has 0 radical (unpaired) electrons. The highest BCUT2D eigenvalue weighted by molar-refractivity contribution is 5.91. The van der Waals surface area contributed by atoms with Gasteiger partial charge in [-0.3, -0.25) is 4.79 Å². The Morgan fingerprint density at radius 2 is 1.67 bits per heavy atom. The number of fused-ring (bicyclic) bond motifs is 1. The summed E-state index contributed by atoms with van der Waals surface area (Å²) in [5.74, 6) is 1.99. The molecule has 0 N–H and O–H groups in total. The Hall–Kier alpha value is -3.74. The van der Waals surface area contributed by atoms with E-state index in [2.05, 4.69) is 24.0 Å². The normalized spacial score (nSPS) is 14.3. The molecule has 1 saturated heterocycles. The second-order valence-corrected chi connectivity index (χ2v) is 9.48. The van der Waals surface area contributed by atoms with Gasteiger partial charge in [0.05, 0.1) is 23.2 Å². The number of benzene rings is 2. The number of rotatable bonds is 7. The minimum Gasteiger partial charge on any atom is -0.354 e. The van der Waals surface area contributed by atoms with Gasteiger partial charge in [-0.15, -0.1) is 0 Å². The van der Waals surface area contributed by atoms with E-state index in [1.807, 2.05) is 65.0 Å². The van der Waals surface area contributed by atoms with Gasteiger partial charge in [-0.25, -0.2) is 14.6 Å². The van der Waals surface area contributed by atoms with E-state index in [1.165, 1.54) is 0 Å². The molecule has 0 spiro atoms. The first kappa shape index (κ1) is 24.0. The van der Waals surface area contributed by atoms with Crippen LogP contribution in [0.15, 0.2) is 60.7 Å². The second-order valence-electron chi connectivity index (χ2n) is 9.48. The van der Waals surface area contributed by atoms with E-state index < -0.39 is 0 Å². The average Bonchev–Trinajstić information content (AvgIpc) is 3.07. The molecule has 2 aromatic heterocycles. The molecule has 1 amide bonds. The lowest BCUT2D eigenvalue weighted by atomic mass is 10.1. The van der Waals surface area contributed by atoms with Gasteiger partial charge in [-0.2, -0.15) is 5.10 Å². The number of anilines is 1. The SMILES string of the molecule is CCCCc1nc(N2CCCN(C(=O)Cc3ccccc3)CC2)c2c(C)nn(-c3ccccc3)c2n1. The van der Waals surface area contributed by atoms with E-state index in [9.17, 15) is 4.79 Å². The Balaban J connectivity index is 1.45. The lowest BCUT2D eigenvalue weighted by Crippen LogP contribution is -2.36. The van der Waals surface area contributed by atoms with E-state index in [0.29, 0.717) is 13.0 Å². The molecule has 4 aromatic rings. The molecule has 0 atom stereocenters. The van der Waals surface area contributed by atoms with Crippen molar-refractivity contribution < 1.29 is 4.79 Å². The number of hydrogen-bond acceptors (Lipinski definition) is 5. The fraction of sp³-hybridized carbons (Fsp3) is 0.379. The molecule has 186 valence electrons. The molecule has 36 heavy (non-hydrogen) atoms. The highest BCUT2D eigenvalue weighted by Crippen LogP contribution is 2.30. The molecule has 0 unspecified atom stereocenters. The average molecular weight is 483 g/mol. The zero-order valence-electron chi connectivity index (χ0n) is 21.2. The first-order valence-corrected chi connectivity index (χ1v) is 13.0. The number of amides is 1. The number of nitrogens with zero attached hydrogens (tertiary/aromatic N) is 6. The molecule has 3 heterocycles. The summed E-state index contributed by atoms with van der Waals surface area (Å²) < 4.78 is 1.94. The number of para-hydroxylation sites is 1. The number of hydrogen-bond donors (Lipinski definition) is 0. The van der Waals surface area contributed by atoms with Crippen molar-refractivity contribution in [2.24, 2.45) is 0 Å². The molecule has 5 rings (SSSR count). The predicted octanol–water partition coefficient (Wildman–Crippen LogP) is 4.75. The molecule has 1 fully saturated rings. The van der Waals surface area contributed by atoms with Gasteiger partial charge in [-0.05, 0) is 37.5 Å². The van der Waals surface area contributed by atoms with E-state index >= 15 is 0 Å². The third-order valence-corrected chi connectivity index (χ3v) is 6.83. The summed E-state index contributed by atoms with van der Waals surface area (Å²) in [6.07, 6.45) is 4.33. The maximum atomic E-state index is 13.0. The van der Waals surface area contributed by atoms with Gasteiger partial charge in [0.25, 0.3) is 0 Å². The van der Waals surface area contributed by atoms with E-state index in [1.54, 1.807) is 0 Å². The summed E-state index contributed by atoms with van der Waals surface area (Å²) in [7, 11) is 0. The summed E-state index contributed by atoms with van der Waals surface area (Å²) in [4.78, 5) is 27.4. The van der Waals surface area contributed by atoms with Crippen molar-refractivity contribution in [3.63, 3.8) is 0 Å². The monoisotopic (exact) mass is 482 g/mol. The van der Waals surface area contributed by atoms with Gasteiger partial charge in [0.1, 0.15) is 11.6 Å². The van der Waals surface area contributed by atoms with Crippen molar-refractivity contribution >= 4 is 22.8 Å². The minimum absolute atomic E-state index is 0.188. The second kappa shape index (κ2) is 10.9. The van der Waals surface area contributed by atoms with Gasteiger partial charge >= 0.3 is 0 Å². The summed E-state index contributed by atoms with van der Waals surface area (Å²) in [6, 6.07) is 20.2. The van der Waals surface area contributed by atoms with Crippen LogP contribution >= 0.6 is 0 Å². The van der Waals surface area contributed by atoms with Gasteiger partial charge in [-0.1, -0.05) is 61.9 Å². The molecule has 7 nitrogen and oxygen atoms in total. The highest BCUT2D eigenvalue weighted by atomic mass is 16.2. The zero-order chi connectivity index (χ0) is 24.9. The van der Waals surface area contributed by atoms with Crippen LogP contribution in [-0.2, 0) is 17.6 Å². The van der Waals surface area contributed by atoms with Crippen LogP contribution in [0.1, 0.15) is 43.3 Å². The smallest absolute Gasteiger partial charge is 0.227 e. The Morgan fingerprint density at radius 3 is 2.42 bits per heavy atom. The third kappa shape index (κ3) is 5.10. The maximum absolute atomic E-state index is 13.0. The van der Waals surface area contributed by atoms with Crippen LogP contribution in [0.3, 0.4) is 0 Å². The lowest BCUT2D eigenvalue weighted by Gasteiger charge is -2.24. The number of unbranched alkanes of at least 4 members (excludes halogenated alkanes) is 1. The molecule has 2 aromatic carbocycles. The Morgan fingerprint density at radius 1 is 0.917 bits per heavy atom. The fourth-order valence-corrected chi connectivity index (χ4v) is 4.89. The fourth-order valence-electron chi connectivity index (χ4n) is 4.89. The van der Waals surface area contributed by atoms with E-state index in [4.69, 9.17) is 15.1 Å². The van der Waals surface area contributed by atoms with Crippen LogP contribution < -0.4 is 4.90 Å². The molecular formula is C29H34N6O. The standard InChI is InChI=1S/C29H34N6O/c1-3-4-16-25-30-28(27-22(2)32-35(29(27)31-25)24-14-9-6-10-15-24)34-18-11-17-33(19-20-34)26(36)21-23-12-7-5-8-13-23/h5-10,12-15H,3-4,11,16-21H2,1-2H3. The van der Waals surface area contributed by atoms with Crippen LogP contribution in [0.5, 0.6) is 0 Å². The Bertz CT molecular complexity index is 1320. The van der Waals surface area contributed by atoms with Gasteiger partial charge in [0.15, 0.2) is 5.65 Å². The first-order valence-electron chi connectivity index (χ1n) is 13.0. The predicted molar refractivity (Wildman–Crippen MR) is 144 cm³/mol. The van der Waals surface area contributed by atoms with Crippen molar-refractivity contribution in [3.8, 4) is 5.69 Å². The number of carbonyl (C=O) groups excluding carboxylic acids is 1. The van der Waals surface area contributed by atoms with Crippen molar-refractivity contribution in [2.75, 3.05) is 31.1 Å². The van der Waals surface area contributed by atoms with Crippen molar-refractivity contribution in [1.82, 2.24) is 24.6 Å². The Labute approximate surface area is 212 Å². The Kier molecular flexibility index (Phi) is 7.26. The topological polar surface area (TPSA) is 67.2 Å². The van der Waals surface area contributed by atoms with E-state index in [-0.39, 0.29) is 5.91 Å². The zero-order valence-corrected chi connectivity index (χ0v) is 21.2. The maximum Gasteiger partial charge on any atom is 0.227 e. The summed E-state index contributed by atoms with van der Waals surface area (Å²) >= 11 is 0. The summed E-state index contributed by atoms with van der Waals surface area (Å²) in [5.41, 5.74) is 3.84. The van der Waals surface area contributed by atoms with E-state index in [0.717, 1.165) is 84.9 Å². The first-order chi connectivity index (χ1) is 17.6. The largest absolute Gasteiger partial charge is 0.354 e. The molecule has 7 heteroatoms. The van der Waals surface area contributed by atoms with Crippen molar-refractivity contribution in [1.29, 1.82) is 0 Å². The molecule has 0 bridgehead atoms. The lowest BCUT2D eigenvalue weighted by molar-refractivity contribution is -0.130. The van der Waals surface area contributed by atoms with Crippen molar-refractivity contribution in [2.45, 2.75) is 46.0 Å². The summed E-state index contributed by atoms with van der Waals surface area (Å²) in [5, 5.41) is 5.88. The summed E-state index contributed by atoms with van der Waals surface area (Å²) in [6.45, 7) is 7.27. The van der Waals surface area contributed by atoms with Gasteiger partial charge in [0, 0.05) is 32.6 Å². The number of aryl methyl sites for hydroxylation is 2. The van der Waals surface area contributed by atoms with Crippen LogP contribution in [0.4, 0.5) is 5.82 Å². The molecule has 1 aliphatic heterocycles. The molecule has 0 saturated carbocycles. The van der Waals surface area contributed by atoms with Crippen LogP contribution in [-0.4, -0.2) is 56.7 Å². The molecule has 0 aliphatic carbocycles. The van der Waals surface area contributed by atoms with Gasteiger partial charge < -0.3 is 9.80 Å². The van der Waals surface area contributed by atoms with Crippen LogP contribution in [0.2, 0.25) is 0 Å². The quantitative estimate of drug-likeness (QED) is 0.380. The number of aromatic nitrogens is 4. The molecule has 1 aliphatic rings. The van der Waals surface area contributed by atoms with Crippen LogP contribution in [0, 0.1) is 6.92 Å². The highest BCUT2D eigenvalue weighted by Gasteiger charge is 2.25. The van der Waals surface area contributed by atoms with Crippen molar-refractivity contribution in [3.05, 3.63) is 77.7 Å². The van der Waals surface area contributed by atoms with Crippen LogP contribution in [0.25, 0.3) is 16.7 Å². The number of carbonyl (C=O) groups is 1. The molecular weight excluding hydrogens is 448 g/mol.